The number of hydrogen-bond donors (Lipinski definition) is 2. The van der Waals surface area contributed by atoms with Crippen molar-refractivity contribution >= 4 is 40.8 Å². The summed E-state index contributed by atoms with van der Waals surface area (Å²) in [5.41, 5.74) is 1.38. The summed E-state index contributed by atoms with van der Waals surface area (Å²) >= 11 is 7.76. The Morgan fingerprint density at radius 1 is 1.20 bits per heavy atom. The van der Waals surface area contributed by atoms with Crippen molar-refractivity contribution in [1.29, 1.82) is 5.26 Å². The minimum Gasteiger partial charge on any atom is -0.478 e. The van der Waals surface area contributed by atoms with E-state index in [9.17, 15) is 19.1 Å². The van der Waals surface area contributed by atoms with Gasteiger partial charge in [-0.15, -0.1) is 11.3 Å². The van der Waals surface area contributed by atoms with Crippen molar-refractivity contribution < 1.29 is 19.1 Å². The van der Waals surface area contributed by atoms with Crippen LogP contribution in [0.4, 0.5) is 9.18 Å². The zero-order valence-electron chi connectivity index (χ0n) is 25.0. The third kappa shape index (κ3) is 6.20. The maximum Gasteiger partial charge on any atom is 0.335 e. The second-order valence-corrected chi connectivity index (χ2v) is 13.0. The van der Waals surface area contributed by atoms with Crippen molar-refractivity contribution in [2.24, 2.45) is 4.99 Å². The number of benzene rings is 2. The lowest BCUT2D eigenvalue weighted by Crippen LogP contribution is -2.53. The highest BCUT2D eigenvalue weighted by Crippen LogP contribution is 2.37. The maximum absolute atomic E-state index is 13.9. The highest BCUT2D eigenvalue weighted by Gasteiger charge is 2.46. The monoisotopic (exact) mass is 657 g/mol. The number of fused-ring (bicyclic) bond motifs is 1. The Kier molecular flexibility index (Phi) is 8.53. The molecular formula is C33H29ClFN7O3S. The van der Waals surface area contributed by atoms with E-state index in [0.717, 1.165) is 11.6 Å². The lowest BCUT2D eigenvalue weighted by Gasteiger charge is -2.38. The third-order valence-electron chi connectivity index (χ3n) is 8.27. The highest BCUT2D eigenvalue weighted by molar-refractivity contribution is 7.11. The van der Waals surface area contributed by atoms with Gasteiger partial charge in [0, 0.05) is 66.1 Å². The number of rotatable bonds is 6. The molecule has 0 aliphatic carbocycles. The molecule has 2 fully saturated rings. The van der Waals surface area contributed by atoms with Crippen LogP contribution in [0.1, 0.15) is 41.6 Å². The standard InChI is InChI=1S/C33H29ClFN7O3S/c1-33(2,10-9-20-3-5-21(16-36)6-4-20)42-18-23-17-40(12-13-41(23)32(42)45)19-26-27(31(43)44)28(24-8-7-22(35)15-25(24)34)39-29(38-26)30-37-11-14-46-30/h3-8,11,14-15,23,28H,12-13,17-19H2,1-2H3,(H,38,39)(H,43,44)/t23-,28-/m0/s1. The molecule has 2 amide bonds. The van der Waals surface area contributed by atoms with Crippen LogP contribution in [0, 0.1) is 29.0 Å². The third-order valence-corrected chi connectivity index (χ3v) is 9.38. The van der Waals surface area contributed by atoms with Gasteiger partial charge in [-0.05, 0) is 50.2 Å². The van der Waals surface area contributed by atoms with Crippen LogP contribution in [0.15, 0.2) is 70.3 Å². The molecule has 3 aliphatic rings. The number of halogens is 2. The quantitative estimate of drug-likeness (QED) is 0.374. The molecule has 13 heteroatoms. The Morgan fingerprint density at radius 3 is 2.63 bits per heavy atom. The fourth-order valence-electron chi connectivity index (χ4n) is 5.90. The first-order chi connectivity index (χ1) is 22.0. The topological polar surface area (TPSA) is 125 Å². The van der Waals surface area contributed by atoms with Gasteiger partial charge in [-0.3, -0.25) is 9.89 Å². The predicted octanol–water partition coefficient (Wildman–Crippen LogP) is 4.49. The molecule has 4 heterocycles. The molecule has 2 aromatic carbocycles. The summed E-state index contributed by atoms with van der Waals surface area (Å²) < 4.78 is 13.9. The first-order valence-corrected chi connectivity index (χ1v) is 15.8. The average molecular weight is 658 g/mol. The molecule has 0 unspecified atom stereocenters. The van der Waals surface area contributed by atoms with Crippen LogP contribution in [0.25, 0.3) is 0 Å². The summed E-state index contributed by atoms with van der Waals surface area (Å²) in [7, 11) is 0. The van der Waals surface area contributed by atoms with Gasteiger partial charge in [0.05, 0.1) is 23.2 Å². The smallest absolute Gasteiger partial charge is 0.335 e. The molecule has 10 nitrogen and oxygen atoms in total. The molecular weight excluding hydrogens is 629 g/mol. The Morgan fingerprint density at radius 2 is 1.96 bits per heavy atom. The largest absolute Gasteiger partial charge is 0.478 e. The fourth-order valence-corrected chi connectivity index (χ4v) is 6.75. The first kappa shape index (κ1) is 31.2. The van der Waals surface area contributed by atoms with E-state index in [-0.39, 0.29) is 29.2 Å². The minimum atomic E-state index is -1.17. The normalized spacial score (nSPS) is 20.0. The zero-order valence-corrected chi connectivity index (χ0v) is 26.6. The number of carbonyl (C=O) groups is 2. The van der Waals surface area contributed by atoms with Crippen LogP contribution >= 0.6 is 22.9 Å². The van der Waals surface area contributed by atoms with Gasteiger partial charge in [-0.1, -0.05) is 29.5 Å². The van der Waals surface area contributed by atoms with Gasteiger partial charge >= 0.3 is 12.0 Å². The molecule has 0 spiro atoms. The molecule has 0 radical (unpaired) electrons. The number of nitrogens with zero attached hydrogens (tertiary/aromatic N) is 6. The van der Waals surface area contributed by atoms with Gasteiger partial charge in [-0.2, -0.15) is 5.26 Å². The van der Waals surface area contributed by atoms with Crippen LogP contribution in [-0.2, 0) is 4.79 Å². The van der Waals surface area contributed by atoms with Crippen molar-refractivity contribution in [2.45, 2.75) is 31.5 Å². The van der Waals surface area contributed by atoms with Crippen LogP contribution in [0.5, 0.6) is 0 Å². The highest BCUT2D eigenvalue weighted by atomic mass is 35.5. The SMILES string of the molecule is CC(C)(C#Cc1ccc(C#N)cc1)N1C[C@@H]2CN(CC3=C(C(=O)O)[C@H](c4ccc(F)cc4Cl)N=C(c4nccs4)N3)CCN2C1=O. The van der Waals surface area contributed by atoms with Gasteiger partial charge in [0.25, 0.3) is 0 Å². The number of hydrogen-bond acceptors (Lipinski definition) is 8. The average Bonchev–Trinajstić information content (AvgIpc) is 3.69. The number of aromatic nitrogens is 1. The molecule has 2 saturated heterocycles. The second kappa shape index (κ2) is 12.6. The summed E-state index contributed by atoms with van der Waals surface area (Å²) in [5.74, 6) is 5.07. The zero-order chi connectivity index (χ0) is 32.6. The van der Waals surface area contributed by atoms with Gasteiger partial charge in [-0.25, -0.2) is 19.0 Å². The predicted molar refractivity (Wildman–Crippen MR) is 172 cm³/mol. The fraction of sp³-hybridized carbons (Fsp3) is 0.303. The molecule has 2 N–H and O–H groups in total. The summed E-state index contributed by atoms with van der Waals surface area (Å²) in [4.78, 5) is 41.0. The Hall–Kier alpha value is -4.75. The van der Waals surface area contributed by atoms with Crippen LogP contribution in [-0.4, -0.2) is 86.9 Å². The number of amidine groups is 1. The summed E-state index contributed by atoms with van der Waals surface area (Å²) in [6.07, 6.45) is 1.64. The first-order valence-electron chi connectivity index (χ1n) is 14.5. The van der Waals surface area contributed by atoms with E-state index in [1.54, 1.807) is 40.7 Å². The van der Waals surface area contributed by atoms with E-state index in [1.807, 2.05) is 18.7 Å². The lowest BCUT2D eigenvalue weighted by molar-refractivity contribution is -0.133. The van der Waals surface area contributed by atoms with Crippen LogP contribution in [0.2, 0.25) is 5.02 Å². The molecule has 1 aromatic heterocycles. The number of thiazole rings is 1. The van der Waals surface area contributed by atoms with Crippen molar-refractivity contribution in [3.05, 3.63) is 97.8 Å². The molecule has 3 aromatic rings. The van der Waals surface area contributed by atoms with Gasteiger partial charge in [0.15, 0.2) is 10.8 Å². The summed E-state index contributed by atoms with van der Waals surface area (Å²) in [5, 5.41) is 25.1. The molecule has 0 bridgehead atoms. The van der Waals surface area contributed by atoms with Crippen LogP contribution in [0.3, 0.4) is 0 Å². The van der Waals surface area contributed by atoms with E-state index >= 15 is 0 Å². The van der Waals surface area contributed by atoms with Crippen molar-refractivity contribution in [2.75, 3.05) is 32.7 Å². The number of piperazine rings is 1. The van der Waals surface area contributed by atoms with Gasteiger partial charge in [0.2, 0.25) is 0 Å². The number of aliphatic imine (C=N–C) groups is 1. The molecule has 2 atom stereocenters. The number of carboxylic acids is 1. The van der Waals surface area contributed by atoms with E-state index < -0.39 is 23.4 Å². The van der Waals surface area contributed by atoms with E-state index in [2.05, 4.69) is 38.1 Å². The number of carbonyl (C=O) groups excluding carboxylic acids is 1. The van der Waals surface area contributed by atoms with E-state index in [4.69, 9.17) is 16.9 Å². The maximum atomic E-state index is 13.9. The molecule has 3 aliphatic heterocycles. The van der Waals surface area contributed by atoms with Crippen molar-refractivity contribution in [3.63, 3.8) is 0 Å². The summed E-state index contributed by atoms with van der Waals surface area (Å²) in [6, 6.07) is 11.7. The molecule has 46 heavy (non-hydrogen) atoms. The number of nitriles is 1. The number of urea groups is 1. The van der Waals surface area contributed by atoms with Gasteiger partial charge < -0.3 is 20.2 Å². The Bertz CT molecular complexity index is 1860. The number of nitrogens with one attached hydrogen (secondary N) is 1. The van der Waals surface area contributed by atoms with Gasteiger partial charge in [0.1, 0.15) is 17.4 Å². The number of carboxylic acid groups (broad SMARTS) is 1. The molecule has 234 valence electrons. The second-order valence-electron chi connectivity index (χ2n) is 11.7. The van der Waals surface area contributed by atoms with Crippen molar-refractivity contribution in [1.82, 2.24) is 25.0 Å². The number of aliphatic carboxylic acids is 1. The van der Waals surface area contributed by atoms with E-state index in [1.165, 1.54) is 23.5 Å². The minimum absolute atomic E-state index is 0.0135. The van der Waals surface area contributed by atoms with Crippen LogP contribution < -0.4 is 5.32 Å². The Labute approximate surface area is 274 Å². The Balaban J connectivity index is 1.23. The lowest BCUT2D eigenvalue weighted by atomic mass is 9.95. The summed E-state index contributed by atoms with van der Waals surface area (Å²) in [6.45, 7) is 6.05. The molecule has 6 rings (SSSR count). The molecule has 0 saturated carbocycles. The number of amides is 2. The van der Waals surface area contributed by atoms with Crippen molar-refractivity contribution in [3.8, 4) is 17.9 Å². The van der Waals surface area contributed by atoms with E-state index in [0.29, 0.717) is 53.8 Å².